The van der Waals surface area contributed by atoms with Crippen molar-refractivity contribution in [2.75, 3.05) is 0 Å². The van der Waals surface area contributed by atoms with E-state index in [2.05, 4.69) is 15.0 Å². The molecule has 0 saturated carbocycles. The van der Waals surface area contributed by atoms with Gasteiger partial charge >= 0.3 is 0 Å². The van der Waals surface area contributed by atoms with Crippen LogP contribution in [0.1, 0.15) is 11.4 Å². The molecule has 0 amide bonds. The van der Waals surface area contributed by atoms with Gasteiger partial charge in [-0.3, -0.25) is 0 Å². The van der Waals surface area contributed by atoms with Gasteiger partial charge in [0.2, 0.25) is 10.6 Å². The molecule has 1 aromatic heterocycles. The molecular weight excluding hydrogens is 268 g/mol. The third kappa shape index (κ3) is 3.04. The van der Waals surface area contributed by atoms with Crippen LogP contribution in [0.4, 0.5) is 0 Å². The zero-order valence-electron chi connectivity index (χ0n) is 7.99. The van der Waals surface area contributed by atoms with Crippen LogP contribution in [0.5, 0.6) is 0 Å². The van der Waals surface area contributed by atoms with E-state index in [1.165, 1.54) is 0 Å². The van der Waals surface area contributed by atoms with E-state index in [4.69, 9.17) is 34.8 Å². The van der Waals surface area contributed by atoms with E-state index >= 15 is 0 Å². The Labute approximate surface area is 107 Å². The van der Waals surface area contributed by atoms with E-state index in [9.17, 15) is 0 Å². The minimum Gasteiger partial charge on any atom is -0.202 e. The quantitative estimate of drug-likeness (QED) is 0.842. The fraction of sp³-hybridized carbons (Fsp3) is 0.100. The molecule has 6 heteroatoms. The predicted octanol–water partition coefficient (Wildman–Crippen LogP) is 3.42. The molecule has 3 nitrogen and oxygen atoms in total. The maximum absolute atomic E-state index is 5.78. The Bertz CT molecular complexity index is 479. The summed E-state index contributed by atoms with van der Waals surface area (Å²) in [6, 6.07) is 7.41. The van der Waals surface area contributed by atoms with Crippen LogP contribution < -0.4 is 0 Å². The summed E-state index contributed by atoms with van der Waals surface area (Å²) in [6.07, 6.45) is 0.541. The second-order valence-corrected chi connectivity index (χ2v) is 4.21. The van der Waals surface area contributed by atoms with E-state index in [0.717, 1.165) is 5.56 Å². The lowest BCUT2D eigenvalue weighted by molar-refractivity contribution is 0.919. The second kappa shape index (κ2) is 4.95. The van der Waals surface area contributed by atoms with Crippen LogP contribution in [-0.2, 0) is 6.42 Å². The fourth-order valence-electron chi connectivity index (χ4n) is 1.23. The molecule has 0 aliphatic carbocycles. The Hall–Kier alpha value is -0.900. The molecule has 0 fully saturated rings. The monoisotopic (exact) mass is 273 g/mol. The average molecular weight is 275 g/mol. The molecule has 0 atom stereocenters. The largest absolute Gasteiger partial charge is 0.226 e. The van der Waals surface area contributed by atoms with Crippen LogP contribution in [0, 0.1) is 0 Å². The van der Waals surface area contributed by atoms with E-state index in [1.54, 1.807) is 12.1 Å². The lowest BCUT2D eigenvalue weighted by Gasteiger charge is -2.01. The molecule has 1 aromatic carbocycles. The highest BCUT2D eigenvalue weighted by Crippen LogP contribution is 2.13. The van der Waals surface area contributed by atoms with Gasteiger partial charge in [-0.1, -0.05) is 23.7 Å². The van der Waals surface area contributed by atoms with Crippen LogP contribution in [0.3, 0.4) is 0 Å². The molecule has 0 saturated heterocycles. The van der Waals surface area contributed by atoms with Gasteiger partial charge in [-0.25, -0.2) is 9.97 Å². The van der Waals surface area contributed by atoms with Crippen molar-refractivity contribution in [2.45, 2.75) is 6.42 Å². The SMILES string of the molecule is Clc1ccc(Cc2nc(Cl)nc(Cl)n2)cc1. The number of rotatable bonds is 2. The molecule has 2 aromatic rings. The van der Waals surface area contributed by atoms with Crippen molar-refractivity contribution in [1.82, 2.24) is 15.0 Å². The zero-order valence-corrected chi connectivity index (χ0v) is 10.3. The summed E-state index contributed by atoms with van der Waals surface area (Å²) >= 11 is 17.1. The van der Waals surface area contributed by atoms with Gasteiger partial charge in [-0.05, 0) is 40.9 Å². The molecule has 16 heavy (non-hydrogen) atoms. The molecule has 0 bridgehead atoms. The summed E-state index contributed by atoms with van der Waals surface area (Å²) in [5.41, 5.74) is 1.03. The maximum atomic E-state index is 5.78. The molecule has 0 unspecified atom stereocenters. The molecule has 0 spiro atoms. The highest BCUT2D eigenvalue weighted by Gasteiger charge is 2.04. The lowest BCUT2D eigenvalue weighted by Crippen LogP contribution is -1.99. The number of hydrogen-bond donors (Lipinski definition) is 0. The van der Waals surface area contributed by atoms with Crippen molar-refractivity contribution < 1.29 is 0 Å². The topological polar surface area (TPSA) is 38.7 Å². The summed E-state index contributed by atoms with van der Waals surface area (Å²) in [5.74, 6) is 0.535. The Morgan fingerprint density at radius 1 is 0.812 bits per heavy atom. The summed E-state index contributed by atoms with van der Waals surface area (Å²) < 4.78 is 0. The maximum Gasteiger partial charge on any atom is 0.226 e. The number of nitrogens with zero attached hydrogens (tertiary/aromatic N) is 3. The summed E-state index contributed by atoms with van der Waals surface area (Å²) in [5, 5.41) is 0.892. The molecule has 0 radical (unpaired) electrons. The van der Waals surface area contributed by atoms with Crippen LogP contribution in [0.2, 0.25) is 15.6 Å². The molecule has 0 aliphatic heterocycles. The molecular formula is C10H6Cl3N3. The van der Waals surface area contributed by atoms with Gasteiger partial charge in [-0.15, -0.1) is 0 Å². The van der Waals surface area contributed by atoms with Crippen molar-refractivity contribution >= 4 is 34.8 Å². The molecule has 82 valence electrons. The van der Waals surface area contributed by atoms with Crippen LogP contribution >= 0.6 is 34.8 Å². The first-order chi connectivity index (χ1) is 7.63. The Balaban J connectivity index is 2.23. The van der Waals surface area contributed by atoms with Crippen molar-refractivity contribution in [3.05, 3.63) is 51.2 Å². The summed E-state index contributed by atoms with van der Waals surface area (Å²) in [7, 11) is 0. The molecule has 0 N–H and O–H groups in total. The smallest absolute Gasteiger partial charge is 0.202 e. The van der Waals surface area contributed by atoms with Crippen molar-refractivity contribution in [3.8, 4) is 0 Å². The summed E-state index contributed by atoms with van der Waals surface area (Å²) in [6.45, 7) is 0. The first-order valence-corrected chi connectivity index (χ1v) is 5.57. The molecule has 2 rings (SSSR count). The third-order valence-electron chi connectivity index (χ3n) is 1.90. The minimum atomic E-state index is 0.101. The fourth-order valence-corrected chi connectivity index (χ4v) is 1.75. The van der Waals surface area contributed by atoms with Gasteiger partial charge in [-0.2, -0.15) is 4.98 Å². The van der Waals surface area contributed by atoms with E-state index in [-0.39, 0.29) is 10.6 Å². The minimum absolute atomic E-state index is 0.101. The predicted molar refractivity (Wildman–Crippen MR) is 64.1 cm³/mol. The van der Waals surface area contributed by atoms with Gasteiger partial charge in [0.1, 0.15) is 5.82 Å². The summed E-state index contributed by atoms with van der Waals surface area (Å²) in [4.78, 5) is 11.6. The Morgan fingerprint density at radius 3 is 1.94 bits per heavy atom. The van der Waals surface area contributed by atoms with Crippen molar-refractivity contribution in [1.29, 1.82) is 0 Å². The number of hydrogen-bond acceptors (Lipinski definition) is 3. The highest BCUT2D eigenvalue weighted by molar-refractivity contribution is 6.31. The molecule has 1 heterocycles. The Kier molecular flexibility index (Phi) is 3.59. The van der Waals surface area contributed by atoms with Gasteiger partial charge < -0.3 is 0 Å². The van der Waals surface area contributed by atoms with E-state index in [1.807, 2.05) is 12.1 Å². The van der Waals surface area contributed by atoms with Gasteiger partial charge in [0, 0.05) is 11.4 Å². The lowest BCUT2D eigenvalue weighted by atomic mass is 10.1. The van der Waals surface area contributed by atoms with Gasteiger partial charge in [0.05, 0.1) is 0 Å². The van der Waals surface area contributed by atoms with Crippen LogP contribution in [0.25, 0.3) is 0 Å². The highest BCUT2D eigenvalue weighted by atomic mass is 35.5. The third-order valence-corrected chi connectivity index (χ3v) is 2.49. The van der Waals surface area contributed by atoms with Crippen LogP contribution in [-0.4, -0.2) is 15.0 Å². The van der Waals surface area contributed by atoms with Crippen molar-refractivity contribution in [2.24, 2.45) is 0 Å². The standard InChI is InChI=1S/C10H6Cl3N3/c11-7-3-1-6(2-4-7)5-8-14-9(12)16-10(13)15-8/h1-4H,5H2. The second-order valence-electron chi connectivity index (χ2n) is 3.09. The molecule has 0 aliphatic rings. The Morgan fingerprint density at radius 2 is 1.38 bits per heavy atom. The number of aromatic nitrogens is 3. The van der Waals surface area contributed by atoms with Gasteiger partial charge in [0.15, 0.2) is 0 Å². The normalized spacial score (nSPS) is 10.4. The van der Waals surface area contributed by atoms with Crippen LogP contribution in [0.15, 0.2) is 24.3 Å². The van der Waals surface area contributed by atoms with Gasteiger partial charge in [0.25, 0.3) is 0 Å². The average Bonchev–Trinajstić information content (AvgIpc) is 2.20. The van der Waals surface area contributed by atoms with Crippen molar-refractivity contribution in [3.63, 3.8) is 0 Å². The number of benzene rings is 1. The first-order valence-electron chi connectivity index (χ1n) is 4.44. The van der Waals surface area contributed by atoms with E-state index in [0.29, 0.717) is 17.3 Å². The number of halogens is 3. The van der Waals surface area contributed by atoms with E-state index < -0.39 is 0 Å². The zero-order chi connectivity index (χ0) is 11.5. The first kappa shape index (κ1) is 11.6.